The summed E-state index contributed by atoms with van der Waals surface area (Å²) in [6, 6.07) is 0. The number of ether oxygens (including phenoxy) is 1. The number of aliphatic carboxylic acids is 1. The summed E-state index contributed by atoms with van der Waals surface area (Å²) in [5, 5.41) is 9.20. The number of hydrogen-bond donors (Lipinski definition) is 1. The molecule has 0 heterocycles. The van der Waals surface area contributed by atoms with Crippen LogP contribution in [-0.2, 0) is 14.3 Å². The van der Waals surface area contributed by atoms with E-state index in [0.29, 0.717) is 12.8 Å². The second-order valence-electron chi connectivity index (χ2n) is 11.4. The Morgan fingerprint density at radius 3 is 1.55 bits per heavy atom. The van der Waals surface area contributed by atoms with Gasteiger partial charge in [0.2, 0.25) is 0 Å². The minimum Gasteiger partial charge on any atom is -0.481 e. The molecule has 1 atom stereocenters. The molecule has 1 unspecified atom stereocenters. The van der Waals surface area contributed by atoms with Gasteiger partial charge in [0.05, 0.1) is 6.42 Å². The standard InChI is InChI=1S/C36H64O4/c1-3-5-7-9-11-13-15-16-17-18-19-20-22-24-26-28-30-32-36(39)40-34(33-35(37)38)31-29-27-25-23-21-14-12-10-8-6-4-2/h11,13,16-17,19-20,34H,3-10,12,14-15,18,21-33H2,1-2H3,(H,37,38)/b13-11-,17-16-,20-19-. The molecular formula is C36H64O4. The van der Waals surface area contributed by atoms with E-state index in [9.17, 15) is 14.7 Å². The van der Waals surface area contributed by atoms with Crippen molar-refractivity contribution in [2.75, 3.05) is 0 Å². The quantitative estimate of drug-likeness (QED) is 0.0539. The van der Waals surface area contributed by atoms with Crippen LogP contribution in [0.3, 0.4) is 0 Å². The fourth-order valence-electron chi connectivity index (χ4n) is 4.85. The zero-order valence-electron chi connectivity index (χ0n) is 26.4. The highest BCUT2D eigenvalue weighted by Crippen LogP contribution is 2.16. The molecule has 0 aromatic heterocycles. The van der Waals surface area contributed by atoms with E-state index in [1.54, 1.807) is 0 Å². The fraction of sp³-hybridized carbons (Fsp3) is 0.778. The van der Waals surface area contributed by atoms with Gasteiger partial charge >= 0.3 is 11.9 Å². The molecule has 0 spiro atoms. The predicted molar refractivity (Wildman–Crippen MR) is 172 cm³/mol. The van der Waals surface area contributed by atoms with Crippen LogP contribution in [0.25, 0.3) is 0 Å². The maximum atomic E-state index is 12.3. The molecule has 0 radical (unpaired) electrons. The van der Waals surface area contributed by atoms with Gasteiger partial charge in [-0.1, -0.05) is 140 Å². The number of carboxylic acid groups (broad SMARTS) is 1. The van der Waals surface area contributed by atoms with Crippen LogP contribution in [0.4, 0.5) is 0 Å². The van der Waals surface area contributed by atoms with Crippen LogP contribution < -0.4 is 0 Å². The molecule has 4 heteroatoms. The van der Waals surface area contributed by atoms with Gasteiger partial charge in [0.1, 0.15) is 6.10 Å². The first-order valence-electron chi connectivity index (χ1n) is 17.0. The monoisotopic (exact) mass is 560 g/mol. The van der Waals surface area contributed by atoms with Crippen LogP contribution >= 0.6 is 0 Å². The van der Waals surface area contributed by atoms with Gasteiger partial charge in [-0.25, -0.2) is 0 Å². The van der Waals surface area contributed by atoms with E-state index in [-0.39, 0.29) is 12.4 Å². The van der Waals surface area contributed by atoms with E-state index in [2.05, 4.69) is 50.3 Å². The van der Waals surface area contributed by atoms with Crippen LogP contribution in [0.5, 0.6) is 0 Å². The van der Waals surface area contributed by atoms with Gasteiger partial charge in [-0.15, -0.1) is 0 Å². The Balaban J connectivity index is 3.75. The minimum atomic E-state index is -0.890. The van der Waals surface area contributed by atoms with Crippen molar-refractivity contribution < 1.29 is 19.4 Å². The lowest BCUT2D eigenvalue weighted by molar-refractivity contribution is -0.153. The van der Waals surface area contributed by atoms with Gasteiger partial charge in [-0.05, 0) is 57.8 Å². The van der Waals surface area contributed by atoms with E-state index in [4.69, 9.17) is 4.74 Å². The Morgan fingerprint density at radius 2 is 1.00 bits per heavy atom. The van der Waals surface area contributed by atoms with E-state index < -0.39 is 12.1 Å². The van der Waals surface area contributed by atoms with Gasteiger partial charge in [0.15, 0.2) is 0 Å². The van der Waals surface area contributed by atoms with Crippen LogP contribution in [-0.4, -0.2) is 23.1 Å². The third-order valence-electron chi connectivity index (χ3n) is 7.35. The maximum absolute atomic E-state index is 12.3. The summed E-state index contributed by atoms with van der Waals surface area (Å²) in [4.78, 5) is 23.5. The predicted octanol–water partition coefficient (Wildman–Crippen LogP) is 11.4. The van der Waals surface area contributed by atoms with Crippen molar-refractivity contribution in [2.45, 2.75) is 180 Å². The van der Waals surface area contributed by atoms with Crippen molar-refractivity contribution in [2.24, 2.45) is 0 Å². The molecule has 0 bridgehead atoms. The van der Waals surface area contributed by atoms with Gasteiger partial charge in [0, 0.05) is 6.42 Å². The number of hydrogen-bond acceptors (Lipinski definition) is 3. The highest BCUT2D eigenvalue weighted by Gasteiger charge is 2.17. The Labute approximate surface area is 248 Å². The van der Waals surface area contributed by atoms with E-state index in [1.165, 1.54) is 83.5 Å². The van der Waals surface area contributed by atoms with Gasteiger partial charge in [0.25, 0.3) is 0 Å². The van der Waals surface area contributed by atoms with Crippen molar-refractivity contribution in [3.63, 3.8) is 0 Å². The zero-order valence-corrected chi connectivity index (χ0v) is 26.4. The van der Waals surface area contributed by atoms with Crippen molar-refractivity contribution in [1.29, 1.82) is 0 Å². The highest BCUT2D eigenvalue weighted by atomic mass is 16.5. The second-order valence-corrected chi connectivity index (χ2v) is 11.4. The summed E-state index contributed by atoms with van der Waals surface area (Å²) in [5.41, 5.74) is 0. The SMILES string of the molecule is CCCCC/C=C\C/C=C\C/C=C\CCCCCCC(=O)OC(CCCCCCCCCCCCC)CC(=O)O. The molecule has 0 amide bonds. The minimum absolute atomic E-state index is 0.0826. The summed E-state index contributed by atoms with van der Waals surface area (Å²) in [7, 11) is 0. The van der Waals surface area contributed by atoms with Crippen molar-refractivity contribution in [1.82, 2.24) is 0 Å². The second kappa shape index (κ2) is 31.7. The molecule has 0 aromatic carbocycles. The molecule has 4 nitrogen and oxygen atoms in total. The lowest BCUT2D eigenvalue weighted by Crippen LogP contribution is -2.21. The average molecular weight is 561 g/mol. The average Bonchev–Trinajstić information content (AvgIpc) is 2.93. The summed E-state index contributed by atoms with van der Waals surface area (Å²) >= 11 is 0. The highest BCUT2D eigenvalue weighted by molar-refractivity contribution is 5.71. The molecule has 1 N–H and O–H groups in total. The lowest BCUT2D eigenvalue weighted by Gasteiger charge is -2.16. The third-order valence-corrected chi connectivity index (χ3v) is 7.35. The first kappa shape index (κ1) is 38.2. The number of carbonyl (C=O) groups excluding carboxylic acids is 1. The maximum Gasteiger partial charge on any atom is 0.307 e. The molecule has 0 saturated carbocycles. The topological polar surface area (TPSA) is 63.6 Å². The number of carbonyl (C=O) groups is 2. The lowest BCUT2D eigenvalue weighted by atomic mass is 10.0. The smallest absolute Gasteiger partial charge is 0.307 e. The van der Waals surface area contributed by atoms with Crippen LogP contribution in [0.15, 0.2) is 36.5 Å². The number of carboxylic acids is 1. The molecule has 0 rings (SSSR count). The van der Waals surface area contributed by atoms with E-state index in [0.717, 1.165) is 57.8 Å². The summed E-state index contributed by atoms with van der Waals surface area (Å²) < 4.78 is 5.54. The van der Waals surface area contributed by atoms with Gasteiger partial charge < -0.3 is 9.84 Å². The van der Waals surface area contributed by atoms with Crippen molar-refractivity contribution in [3.05, 3.63) is 36.5 Å². The van der Waals surface area contributed by atoms with Gasteiger partial charge in [-0.3, -0.25) is 9.59 Å². The van der Waals surface area contributed by atoms with E-state index >= 15 is 0 Å². The largest absolute Gasteiger partial charge is 0.481 e. The molecule has 0 fully saturated rings. The molecule has 40 heavy (non-hydrogen) atoms. The Hall–Kier alpha value is -1.84. The number of rotatable bonds is 30. The number of unbranched alkanes of at least 4 members (excludes halogenated alkanes) is 17. The number of allylic oxidation sites excluding steroid dienone is 6. The first-order chi connectivity index (χ1) is 19.6. The molecule has 0 aliphatic heterocycles. The van der Waals surface area contributed by atoms with Crippen molar-refractivity contribution >= 4 is 11.9 Å². The summed E-state index contributed by atoms with van der Waals surface area (Å²) in [6.45, 7) is 4.49. The van der Waals surface area contributed by atoms with E-state index in [1.807, 2.05) is 0 Å². The molecule has 0 aliphatic carbocycles. The Kier molecular flexibility index (Phi) is 30.2. The summed E-state index contributed by atoms with van der Waals surface area (Å²) in [5.74, 6) is -1.13. The first-order valence-corrected chi connectivity index (χ1v) is 17.0. The molecular weight excluding hydrogens is 496 g/mol. The van der Waals surface area contributed by atoms with Crippen LogP contribution in [0, 0.1) is 0 Å². The number of esters is 1. The van der Waals surface area contributed by atoms with Crippen LogP contribution in [0.1, 0.15) is 174 Å². The molecule has 0 aromatic rings. The summed E-state index contributed by atoms with van der Waals surface area (Å²) in [6.07, 6.45) is 40.1. The zero-order chi connectivity index (χ0) is 29.4. The fourth-order valence-corrected chi connectivity index (χ4v) is 4.85. The molecule has 0 saturated heterocycles. The van der Waals surface area contributed by atoms with Gasteiger partial charge in [-0.2, -0.15) is 0 Å². The Morgan fingerprint density at radius 1 is 0.575 bits per heavy atom. The normalized spacial score (nSPS) is 12.7. The Bertz CT molecular complexity index is 649. The van der Waals surface area contributed by atoms with Crippen LogP contribution in [0.2, 0.25) is 0 Å². The third kappa shape index (κ3) is 30.7. The molecule has 0 aliphatic rings. The van der Waals surface area contributed by atoms with Crippen molar-refractivity contribution in [3.8, 4) is 0 Å². The molecule has 232 valence electrons.